The highest BCUT2D eigenvalue weighted by Crippen LogP contribution is 2.33. The molecular weight excluding hydrogens is 230 g/mol. The SMILES string of the molecule is COc1cc(OC)c(OC)cc1C=NC(C)(C)C. The third-order valence-electron chi connectivity index (χ3n) is 2.33. The summed E-state index contributed by atoms with van der Waals surface area (Å²) < 4.78 is 15.8. The quantitative estimate of drug-likeness (QED) is 0.772. The summed E-state index contributed by atoms with van der Waals surface area (Å²) in [7, 11) is 4.82. The first-order valence-corrected chi connectivity index (χ1v) is 5.76. The summed E-state index contributed by atoms with van der Waals surface area (Å²) in [6.45, 7) is 6.12. The molecule has 0 fully saturated rings. The van der Waals surface area contributed by atoms with Gasteiger partial charge in [0.25, 0.3) is 0 Å². The van der Waals surface area contributed by atoms with Gasteiger partial charge in [-0.2, -0.15) is 0 Å². The smallest absolute Gasteiger partial charge is 0.164 e. The van der Waals surface area contributed by atoms with Gasteiger partial charge in [0.1, 0.15) is 5.75 Å². The molecule has 1 rings (SSSR count). The summed E-state index contributed by atoms with van der Waals surface area (Å²) in [6, 6.07) is 3.65. The van der Waals surface area contributed by atoms with Crippen LogP contribution in [-0.4, -0.2) is 33.1 Å². The summed E-state index contributed by atoms with van der Waals surface area (Å²) >= 11 is 0. The minimum atomic E-state index is -0.127. The average molecular weight is 251 g/mol. The largest absolute Gasteiger partial charge is 0.496 e. The van der Waals surface area contributed by atoms with Crippen molar-refractivity contribution in [2.45, 2.75) is 26.3 Å². The molecule has 18 heavy (non-hydrogen) atoms. The van der Waals surface area contributed by atoms with E-state index in [-0.39, 0.29) is 5.54 Å². The van der Waals surface area contributed by atoms with Gasteiger partial charge in [0.15, 0.2) is 11.5 Å². The molecule has 0 spiro atoms. The summed E-state index contributed by atoms with van der Waals surface area (Å²) in [5, 5.41) is 0. The molecule has 1 aromatic rings. The molecule has 0 unspecified atom stereocenters. The van der Waals surface area contributed by atoms with Crippen molar-refractivity contribution >= 4 is 6.21 Å². The van der Waals surface area contributed by atoms with E-state index in [1.807, 2.05) is 26.8 Å². The Hall–Kier alpha value is -1.71. The second-order valence-electron chi connectivity index (χ2n) is 4.88. The number of nitrogens with zero attached hydrogens (tertiary/aromatic N) is 1. The molecular formula is C14H21NO3. The second-order valence-corrected chi connectivity index (χ2v) is 4.88. The van der Waals surface area contributed by atoms with E-state index in [4.69, 9.17) is 14.2 Å². The van der Waals surface area contributed by atoms with E-state index in [1.54, 1.807) is 33.6 Å². The van der Waals surface area contributed by atoms with Crippen LogP contribution in [-0.2, 0) is 0 Å². The van der Waals surface area contributed by atoms with Gasteiger partial charge in [-0.1, -0.05) is 0 Å². The van der Waals surface area contributed by atoms with Crippen LogP contribution >= 0.6 is 0 Å². The first-order chi connectivity index (χ1) is 8.41. The van der Waals surface area contributed by atoms with Crippen LogP contribution in [0.5, 0.6) is 17.2 Å². The van der Waals surface area contributed by atoms with E-state index >= 15 is 0 Å². The topological polar surface area (TPSA) is 40.0 Å². The molecule has 0 amide bonds. The molecule has 0 aliphatic rings. The number of methoxy groups -OCH3 is 3. The van der Waals surface area contributed by atoms with Gasteiger partial charge < -0.3 is 14.2 Å². The van der Waals surface area contributed by atoms with E-state index < -0.39 is 0 Å². The summed E-state index contributed by atoms with van der Waals surface area (Å²) in [6.07, 6.45) is 1.79. The number of hydrogen-bond acceptors (Lipinski definition) is 4. The molecule has 0 bridgehead atoms. The zero-order chi connectivity index (χ0) is 13.8. The van der Waals surface area contributed by atoms with E-state index in [2.05, 4.69) is 4.99 Å². The van der Waals surface area contributed by atoms with E-state index in [0.717, 1.165) is 5.56 Å². The zero-order valence-electron chi connectivity index (χ0n) is 11.9. The predicted octanol–water partition coefficient (Wildman–Crippen LogP) is 2.93. The number of rotatable bonds is 4. The first kappa shape index (κ1) is 14.4. The molecule has 0 atom stereocenters. The third-order valence-corrected chi connectivity index (χ3v) is 2.33. The van der Waals surface area contributed by atoms with Crippen LogP contribution in [0.3, 0.4) is 0 Å². The first-order valence-electron chi connectivity index (χ1n) is 5.76. The fraction of sp³-hybridized carbons (Fsp3) is 0.500. The minimum Gasteiger partial charge on any atom is -0.496 e. The Kier molecular flexibility index (Phi) is 4.59. The maximum atomic E-state index is 5.33. The Morgan fingerprint density at radius 1 is 0.889 bits per heavy atom. The van der Waals surface area contributed by atoms with Gasteiger partial charge in [0.05, 0.1) is 26.9 Å². The molecule has 0 aliphatic carbocycles. The Labute approximate surface area is 109 Å². The molecule has 0 aromatic heterocycles. The van der Waals surface area contributed by atoms with Gasteiger partial charge in [-0.3, -0.25) is 4.99 Å². The van der Waals surface area contributed by atoms with Crippen LogP contribution in [0, 0.1) is 0 Å². The van der Waals surface area contributed by atoms with Gasteiger partial charge in [0.2, 0.25) is 0 Å². The highest BCUT2D eigenvalue weighted by atomic mass is 16.5. The number of ether oxygens (including phenoxy) is 3. The molecule has 4 heteroatoms. The van der Waals surface area contributed by atoms with E-state index in [9.17, 15) is 0 Å². The molecule has 0 heterocycles. The molecule has 0 saturated carbocycles. The van der Waals surface area contributed by atoms with Gasteiger partial charge in [-0.25, -0.2) is 0 Å². The summed E-state index contributed by atoms with van der Waals surface area (Å²) in [4.78, 5) is 4.46. The second kappa shape index (κ2) is 5.76. The van der Waals surface area contributed by atoms with Gasteiger partial charge in [-0.15, -0.1) is 0 Å². The van der Waals surface area contributed by atoms with Crippen LogP contribution in [0.15, 0.2) is 17.1 Å². The van der Waals surface area contributed by atoms with Crippen molar-refractivity contribution in [3.8, 4) is 17.2 Å². The Balaban J connectivity index is 3.21. The number of hydrogen-bond donors (Lipinski definition) is 0. The number of benzene rings is 1. The Bertz CT molecular complexity index is 433. The maximum absolute atomic E-state index is 5.33. The van der Waals surface area contributed by atoms with Gasteiger partial charge in [-0.05, 0) is 26.8 Å². The van der Waals surface area contributed by atoms with E-state index in [1.165, 1.54) is 0 Å². The van der Waals surface area contributed by atoms with Gasteiger partial charge >= 0.3 is 0 Å². The van der Waals surface area contributed by atoms with Gasteiger partial charge in [0, 0.05) is 17.8 Å². The fourth-order valence-corrected chi connectivity index (χ4v) is 1.42. The Morgan fingerprint density at radius 3 is 1.83 bits per heavy atom. The predicted molar refractivity (Wildman–Crippen MR) is 73.4 cm³/mol. The molecule has 100 valence electrons. The van der Waals surface area contributed by atoms with Crippen molar-refractivity contribution in [2.75, 3.05) is 21.3 Å². The van der Waals surface area contributed by atoms with Crippen LogP contribution in [0.25, 0.3) is 0 Å². The average Bonchev–Trinajstić information content (AvgIpc) is 2.34. The van der Waals surface area contributed by atoms with Crippen molar-refractivity contribution in [1.29, 1.82) is 0 Å². The fourth-order valence-electron chi connectivity index (χ4n) is 1.42. The Morgan fingerprint density at radius 2 is 1.39 bits per heavy atom. The van der Waals surface area contributed by atoms with Crippen molar-refractivity contribution in [3.05, 3.63) is 17.7 Å². The lowest BCUT2D eigenvalue weighted by Crippen LogP contribution is -2.10. The molecule has 0 N–H and O–H groups in total. The van der Waals surface area contributed by atoms with Crippen LogP contribution in [0.2, 0.25) is 0 Å². The summed E-state index contributed by atoms with van der Waals surface area (Å²) in [5.74, 6) is 2.01. The zero-order valence-corrected chi connectivity index (χ0v) is 11.9. The molecule has 0 aliphatic heterocycles. The lowest BCUT2D eigenvalue weighted by Gasteiger charge is -2.14. The summed E-state index contributed by atoms with van der Waals surface area (Å²) in [5.41, 5.74) is 0.739. The van der Waals surface area contributed by atoms with E-state index in [0.29, 0.717) is 17.2 Å². The molecule has 1 aromatic carbocycles. The third kappa shape index (κ3) is 3.65. The van der Waals surface area contributed by atoms with Crippen molar-refractivity contribution in [3.63, 3.8) is 0 Å². The maximum Gasteiger partial charge on any atom is 0.164 e. The van der Waals surface area contributed by atoms with Crippen molar-refractivity contribution in [2.24, 2.45) is 4.99 Å². The highest BCUT2D eigenvalue weighted by Gasteiger charge is 2.11. The minimum absolute atomic E-state index is 0.127. The monoisotopic (exact) mass is 251 g/mol. The van der Waals surface area contributed by atoms with Crippen LogP contribution in [0.1, 0.15) is 26.3 Å². The standard InChI is InChI=1S/C14H21NO3/c1-14(2,3)15-9-10-7-12(17-5)13(18-6)8-11(10)16-4/h7-9H,1-6H3. The highest BCUT2D eigenvalue weighted by molar-refractivity contribution is 5.85. The van der Waals surface area contributed by atoms with Crippen molar-refractivity contribution < 1.29 is 14.2 Å². The molecule has 4 nitrogen and oxygen atoms in total. The number of aliphatic imine (C=N–C) groups is 1. The normalized spacial score (nSPS) is 11.7. The molecule has 0 radical (unpaired) electrons. The molecule has 0 saturated heterocycles. The lowest BCUT2D eigenvalue weighted by molar-refractivity contribution is 0.349. The lowest BCUT2D eigenvalue weighted by atomic mass is 10.1. The van der Waals surface area contributed by atoms with Crippen LogP contribution < -0.4 is 14.2 Å². The van der Waals surface area contributed by atoms with Crippen molar-refractivity contribution in [1.82, 2.24) is 0 Å². The van der Waals surface area contributed by atoms with Crippen LogP contribution in [0.4, 0.5) is 0 Å².